The van der Waals surface area contributed by atoms with Crippen LogP contribution < -0.4 is 5.32 Å². The molecule has 22 heavy (non-hydrogen) atoms. The molecule has 1 aliphatic heterocycles. The number of hydrogen-bond donors (Lipinski definition) is 1. The average Bonchev–Trinajstić information content (AvgIpc) is 3.12. The van der Waals surface area contributed by atoms with Crippen molar-refractivity contribution in [1.82, 2.24) is 4.90 Å². The number of likely N-dealkylation sites (tertiary alicyclic amines) is 1. The number of anilines is 1. The molecule has 0 bridgehead atoms. The molecule has 0 spiro atoms. The lowest BCUT2D eigenvalue weighted by Gasteiger charge is -2.23. The van der Waals surface area contributed by atoms with Gasteiger partial charge in [0.05, 0.1) is 12.2 Å². The molecule has 1 amide bonds. The van der Waals surface area contributed by atoms with Crippen molar-refractivity contribution in [1.29, 1.82) is 0 Å². The highest BCUT2D eigenvalue weighted by atomic mass is 79.9. The molecule has 3 rings (SSSR count). The summed E-state index contributed by atoms with van der Waals surface area (Å²) in [6.07, 6.45) is 2.30. The Balaban J connectivity index is 1.64. The van der Waals surface area contributed by atoms with Crippen LogP contribution in [0.2, 0.25) is 0 Å². The van der Waals surface area contributed by atoms with Gasteiger partial charge in [-0.3, -0.25) is 9.69 Å². The molecular weight excluding hydrogens is 360 g/mol. The van der Waals surface area contributed by atoms with Crippen LogP contribution in [0.15, 0.2) is 40.2 Å². The summed E-state index contributed by atoms with van der Waals surface area (Å²) in [6, 6.07) is 10.6. The molecular formula is C17H19BrN2OS. The molecule has 116 valence electrons. The summed E-state index contributed by atoms with van der Waals surface area (Å²) in [5.41, 5.74) is 2.00. The Kier molecular flexibility index (Phi) is 4.96. The molecule has 1 fully saturated rings. The second-order valence-electron chi connectivity index (χ2n) is 5.68. The molecule has 1 N–H and O–H groups in total. The number of thiophene rings is 1. The first-order valence-electron chi connectivity index (χ1n) is 7.47. The number of hydrogen-bond acceptors (Lipinski definition) is 3. The Bertz CT molecular complexity index is 657. The van der Waals surface area contributed by atoms with E-state index >= 15 is 0 Å². The van der Waals surface area contributed by atoms with Gasteiger partial charge in [0.25, 0.3) is 0 Å². The zero-order chi connectivity index (χ0) is 15.5. The smallest absolute Gasteiger partial charge is 0.238 e. The van der Waals surface area contributed by atoms with Crippen LogP contribution in [0.25, 0.3) is 0 Å². The average molecular weight is 379 g/mol. The van der Waals surface area contributed by atoms with Crippen LogP contribution >= 0.6 is 27.3 Å². The summed E-state index contributed by atoms with van der Waals surface area (Å²) in [5.74, 6) is 0.0491. The van der Waals surface area contributed by atoms with E-state index in [9.17, 15) is 4.79 Å². The molecule has 0 saturated carbocycles. The molecule has 1 saturated heterocycles. The van der Waals surface area contributed by atoms with E-state index in [0.717, 1.165) is 29.5 Å². The maximum atomic E-state index is 12.4. The number of nitrogens with one attached hydrogen (secondary N) is 1. The standard InChI is InChI=1S/C17H19BrN2OS/c1-12-6-7-14(13(18)10-12)19-17(21)11-20-8-2-4-15(20)16-5-3-9-22-16/h3,5-7,9-10,15H,2,4,8,11H2,1H3,(H,19,21)/t15-/m0/s1. The van der Waals surface area contributed by atoms with Crippen molar-refractivity contribution in [3.8, 4) is 0 Å². The van der Waals surface area contributed by atoms with Crippen LogP contribution in [-0.2, 0) is 4.79 Å². The third-order valence-corrected chi connectivity index (χ3v) is 5.61. The van der Waals surface area contributed by atoms with Gasteiger partial charge in [-0.15, -0.1) is 11.3 Å². The van der Waals surface area contributed by atoms with Crippen LogP contribution in [-0.4, -0.2) is 23.9 Å². The molecule has 1 aromatic heterocycles. The fourth-order valence-electron chi connectivity index (χ4n) is 2.91. The van der Waals surface area contributed by atoms with Gasteiger partial charge in [-0.2, -0.15) is 0 Å². The van der Waals surface area contributed by atoms with E-state index < -0.39 is 0 Å². The third kappa shape index (κ3) is 3.59. The molecule has 2 aromatic rings. The number of rotatable bonds is 4. The predicted octanol–water partition coefficient (Wildman–Crippen LogP) is 4.59. The number of benzene rings is 1. The van der Waals surface area contributed by atoms with Crippen LogP contribution in [0.5, 0.6) is 0 Å². The second kappa shape index (κ2) is 6.94. The Morgan fingerprint density at radius 2 is 2.32 bits per heavy atom. The number of carbonyl (C=O) groups excluding carboxylic acids is 1. The molecule has 1 aliphatic rings. The summed E-state index contributed by atoms with van der Waals surface area (Å²) in [5, 5.41) is 5.11. The van der Waals surface area contributed by atoms with Crippen molar-refractivity contribution < 1.29 is 4.79 Å². The monoisotopic (exact) mass is 378 g/mol. The highest BCUT2D eigenvalue weighted by molar-refractivity contribution is 9.10. The van der Waals surface area contributed by atoms with Crippen LogP contribution in [0.3, 0.4) is 0 Å². The van der Waals surface area contributed by atoms with E-state index in [1.807, 2.05) is 25.1 Å². The van der Waals surface area contributed by atoms with Gasteiger partial charge in [-0.05, 0) is 71.4 Å². The molecule has 0 unspecified atom stereocenters. The van der Waals surface area contributed by atoms with Gasteiger partial charge >= 0.3 is 0 Å². The van der Waals surface area contributed by atoms with Gasteiger partial charge in [-0.25, -0.2) is 0 Å². The zero-order valence-corrected chi connectivity index (χ0v) is 14.9. The Labute approximate surface area is 143 Å². The van der Waals surface area contributed by atoms with Crippen LogP contribution in [0.4, 0.5) is 5.69 Å². The quantitative estimate of drug-likeness (QED) is 0.843. The van der Waals surface area contributed by atoms with E-state index in [-0.39, 0.29) is 5.91 Å². The largest absolute Gasteiger partial charge is 0.324 e. The van der Waals surface area contributed by atoms with Gasteiger partial charge in [0.15, 0.2) is 0 Å². The third-order valence-electron chi connectivity index (χ3n) is 3.98. The number of nitrogens with zero attached hydrogens (tertiary/aromatic N) is 1. The van der Waals surface area contributed by atoms with E-state index in [2.05, 4.69) is 43.7 Å². The van der Waals surface area contributed by atoms with E-state index in [0.29, 0.717) is 12.6 Å². The number of halogens is 1. The van der Waals surface area contributed by atoms with Crippen molar-refractivity contribution in [2.24, 2.45) is 0 Å². The maximum Gasteiger partial charge on any atom is 0.238 e. The van der Waals surface area contributed by atoms with Crippen molar-refractivity contribution in [2.45, 2.75) is 25.8 Å². The Morgan fingerprint density at radius 3 is 3.05 bits per heavy atom. The van der Waals surface area contributed by atoms with Crippen LogP contribution in [0.1, 0.15) is 29.3 Å². The SMILES string of the molecule is Cc1ccc(NC(=O)CN2CCC[C@H]2c2cccs2)c(Br)c1. The van der Waals surface area contributed by atoms with Crippen molar-refractivity contribution in [2.75, 3.05) is 18.4 Å². The number of amides is 1. The normalized spacial score (nSPS) is 18.5. The minimum absolute atomic E-state index is 0.0491. The molecule has 2 heterocycles. The van der Waals surface area contributed by atoms with Gasteiger partial charge < -0.3 is 5.32 Å². The molecule has 0 radical (unpaired) electrons. The first-order chi connectivity index (χ1) is 10.6. The van der Waals surface area contributed by atoms with E-state index in [4.69, 9.17) is 0 Å². The van der Waals surface area contributed by atoms with Crippen LogP contribution in [0, 0.1) is 6.92 Å². The summed E-state index contributed by atoms with van der Waals surface area (Å²) < 4.78 is 0.928. The van der Waals surface area contributed by atoms with Crippen molar-refractivity contribution in [3.05, 3.63) is 50.6 Å². The van der Waals surface area contributed by atoms with Crippen molar-refractivity contribution >= 4 is 38.9 Å². The lowest BCUT2D eigenvalue weighted by Crippen LogP contribution is -2.32. The Morgan fingerprint density at radius 1 is 1.45 bits per heavy atom. The lowest BCUT2D eigenvalue weighted by molar-refractivity contribution is -0.117. The maximum absolute atomic E-state index is 12.4. The summed E-state index contributed by atoms with van der Waals surface area (Å²) >= 11 is 5.28. The number of carbonyl (C=O) groups is 1. The first-order valence-corrected chi connectivity index (χ1v) is 9.14. The van der Waals surface area contributed by atoms with E-state index in [1.165, 1.54) is 10.4 Å². The molecule has 1 atom stereocenters. The lowest BCUT2D eigenvalue weighted by atomic mass is 10.2. The van der Waals surface area contributed by atoms with Gasteiger partial charge in [0.2, 0.25) is 5.91 Å². The molecule has 5 heteroatoms. The minimum atomic E-state index is 0.0491. The van der Waals surface area contributed by atoms with Gasteiger partial charge in [0, 0.05) is 15.4 Å². The predicted molar refractivity (Wildman–Crippen MR) is 95.4 cm³/mol. The van der Waals surface area contributed by atoms with Crippen molar-refractivity contribution in [3.63, 3.8) is 0 Å². The fourth-order valence-corrected chi connectivity index (χ4v) is 4.40. The topological polar surface area (TPSA) is 32.3 Å². The Hall–Kier alpha value is -1.17. The summed E-state index contributed by atoms with van der Waals surface area (Å²) in [6.45, 7) is 3.47. The molecule has 0 aliphatic carbocycles. The van der Waals surface area contributed by atoms with E-state index in [1.54, 1.807) is 11.3 Å². The second-order valence-corrected chi connectivity index (χ2v) is 7.51. The highest BCUT2D eigenvalue weighted by Crippen LogP contribution is 2.34. The number of aryl methyl sites for hydroxylation is 1. The molecule has 3 nitrogen and oxygen atoms in total. The summed E-state index contributed by atoms with van der Waals surface area (Å²) in [4.78, 5) is 16.0. The fraction of sp³-hybridized carbons (Fsp3) is 0.353. The van der Waals surface area contributed by atoms with Gasteiger partial charge in [0.1, 0.15) is 0 Å². The first kappa shape index (κ1) is 15.7. The van der Waals surface area contributed by atoms with Gasteiger partial charge in [-0.1, -0.05) is 12.1 Å². The molecule has 1 aromatic carbocycles. The zero-order valence-electron chi connectivity index (χ0n) is 12.5. The minimum Gasteiger partial charge on any atom is -0.324 e. The summed E-state index contributed by atoms with van der Waals surface area (Å²) in [7, 11) is 0. The highest BCUT2D eigenvalue weighted by Gasteiger charge is 2.28.